The highest BCUT2D eigenvalue weighted by Gasteiger charge is 2.07. The lowest BCUT2D eigenvalue weighted by atomic mass is 10.1. The van der Waals surface area contributed by atoms with Gasteiger partial charge in [-0.1, -0.05) is 18.2 Å². The standard InChI is InChI=1S/C17H20FNO2/c1-11-8-14(12(2)19)5-7-16(11)21-10-13-4-6-17(20-3)15(18)9-13/h4-9,12H,10,19H2,1-3H3/t12-/m1/s1. The second kappa shape index (κ2) is 6.59. The van der Waals surface area contributed by atoms with Crippen LogP contribution in [0.3, 0.4) is 0 Å². The summed E-state index contributed by atoms with van der Waals surface area (Å²) in [5.74, 6) is 0.620. The summed E-state index contributed by atoms with van der Waals surface area (Å²) in [5.41, 5.74) is 8.68. The van der Waals surface area contributed by atoms with Crippen molar-refractivity contribution < 1.29 is 13.9 Å². The van der Waals surface area contributed by atoms with Crippen LogP contribution < -0.4 is 15.2 Å². The number of hydrogen-bond donors (Lipinski definition) is 1. The Morgan fingerprint density at radius 1 is 1.14 bits per heavy atom. The zero-order valence-corrected chi connectivity index (χ0v) is 12.5. The first kappa shape index (κ1) is 15.3. The molecule has 2 rings (SSSR count). The molecule has 0 aliphatic carbocycles. The van der Waals surface area contributed by atoms with Crippen molar-refractivity contribution in [3.63, 3.8) is 0 Å². The van der Waals surface area contributed by atoms with Gasteiger partial charge in [-0.3, -0.25) is 0 Å². The maximum absolute atomic E-state index is 13.6. The highest BCUT2D eigenvalue weighted by molar-refractivity contribution is 5.37. The number of nitrogens with two attached hydrogens (primary N) is 1. The predicted octanol–water partition coefficient (Wildman–Crippen LogP) is 3.74. The lowest BCUT2D eigenvalue weighted by Gasteiger charge is -2.13. The lowest BCUT2D eigenvalue weighted by molar-refractivity contribution is 0.302. The van der Waals surface area contributed by atoms with Crippen molar-refractivity contribution in [3.8, 4) is 11.5 Å². The number of aryl methyl sites for hydroxylation is 1. The Balaban J connectivity index is 2.08. The minimum atomic E-state index is -0.386. The highest BCUT2D eigenvalue weighted by atomic mass is 19.1. The maximum Gasteiger partial charge on any atom is 0.165 e. The minimum Gasteiger partial charge on any atom is -0.494 e. The van der Waals surface area contributed by atoms with E-state index in [1.807, 2.05) is 32.0 Å². The van der Waals surface area contributed by atoms with E-state index in [9.17, 15) is 4.39 Å². The van der Waals surface area contributed by atoms with Crippen molar-refractivity contribution in [2.24, 2.45) is 5.73 Å². The zero-order chi connectivity index (χ0) is 15.4. The van der Waals surface area contributed by atoms with Gasteiger partial charge >= 0.3 is 0 Å². The van der Waals surface area contributed by atoms with Crippen LogP contribution in [-0.4, -0.2) is 7.11 Å². The van der Waals surface area contributed by atoms with Crippen LogP contribution in [0.25, 0.3) is 0 Å². The van der Waals surface area contributed by atoms with Gasteiger partial charge in [-0.25, -0.2) is 4.39 Å². The molecule has 0 bridgehead atoms. The number of halogens is 1. The summed E-state index contributed by atoms with van der Waals surface area (Å²) >= 11 is 0. The predicted molar refractivity (Wildman–Crippen MR) is 81.1 cm³/mol. The number of hydrogen-bond acceptors (Lipinski definition) is 3. The summed E-state index contributed by atoms with van der Waals surface area (Å²) in [5, 5.41) is 0. The summed E-state index contributed by atoms with van der Waals surface area (Å²) < 4.78 is 24.2. The van der Waals surface area contributed by atoms with Gasteiger partial charge in [0.1, 0.15) is 12.4 Å². The van der Waals surface area contributed by atoms with Crippen LogP contribution in [0.2, 0.25) is 0 Å². The Kier molecular flexibility index (Phi) is 4.81. The quantitative estimate of drug-likeness (QED) is 0.912. The topological polar surface area (TPSA) is 44.5 Å². The molecule has 21 heavy (non-hydrogen) atoms. The first-order valence-electron chi connectivity index (χ1n) is 6.82. The normalized spacial score (nSPS) is 12.0. The second-order valence-corrected chi connectivity index (χ2v) is 5.07. The number of benzene rings is 2. The summed E-state index contributed by atoms with van der Waals surface area (Å²) in [6.45, 7) is 4.21. The fourth-order valence-electron chi connectivity index (χ4n) is 2.08. The molecule has 2 aromatic rings. The van der Waals surface area contributed by atoms with Crippen molar-refractivity contribution in [1.82, 2.24) is 0 Å². The molecule has 0 heterocycles. The fourth-order valence-corrected chi connectivity index (χ4v) is 2.08. The van der Waals surface area contributed by atoms with Crippen LogP contribution in [-0.2, 0) is 6.61 Å². The molecular weight excluding hydrogens is 269 g/mol. The third kappa shape index (κ3) is 3.73. The molecule has 2 N–H and O–H groups in total. The molecule has 0 aromatic heterocycles. The largest absolute Gasteiger partial charge is 0.494 e. The monoisotopic (exact) mass is 289 g/mol. The molecule has 0 radical (unpaired) electrons. The molecule has 0 aliphatic rings. The minimum absolute atomic E-state index is 0.00608. The van der Waals surface area contributed by atoms with Gasteiger partial charge in [0.05, 0.1) is 7.11 Å². The van der Waals surface area contributed by atoms with Gasteiger partial charge in [0, 0.05) is 6.04 Å². The third-order valence-corrected chi connectivity index (χ3v) is 3.34. The Labute approximate surface area is 124 Å². The fraction of sp³-hybridized carbons (Fsp3) is 0.294. The molecule has 0 unspecified atom stereocenters. The van der Waals surface area contributed by atoms with Crippen molar-refractivity contribution in [2.75, 3.05) is 7.11 Å². The molecule has 0 saturated carbocycles. The van der Waals surface area contributed by atoms with E-state index in [2.05, 4.69) is 0 Å². The van der Waals surface area contributed by atoms with Crippen LogP contribution in [0, 0.1) is 12.7 Å². The van der Waals surface area contributed by atoms with E-state index in [1.165, 1.54) is 13.2 Å². The molecule has 0 fully saturated rings. The van der Waals surface area contributed by atoms with E-state index in [4.69, 9.17) is 15.2 Å². The molecular formula is C17H20FNO2. The van der Waals surface area contributed by atoms with Crippen molar-refractivity contribution in [1.29, 1.82) is 0 Å². The van der Waals surface area contributed by atoms with Gasteiger partial charge in [-0.2, -0.15) is 0 Å². The van der Waals surface area contributed by atoms with E-state index in [0.29, 0.717) is 6.61 Å². The average molecular weight is 289 g/mol. The molecule has 3 nitrogen and oxygen atoms in total. The van der Waals surface area contributed by atoms with Gasteiger partial charge in [-0.15, -0.1) is 0 Å². The van der Waals surface area contributed by atoms with Gasteiger partial charge in [-0.05, 0) is 48.7 Å². The van der Waals surface area contributed by atoms with Crippen LogP contribution in [0.5, 0.6) is 11.5 Å². The van der Waals surface area contributed by atoms with E-state index in [0.717, 1.165) is 22.4 Å². The van der Waals surface area contributed by atoms with Gasteiger partial charge < -0.3 is 15.2 Å². The number of methoxy groups -OCH3 is 1. The van der Waals surface area contributed by atoms with E-state index >= 15 is 0 Å². The number of rotatable bonds is 5. The van der Waals surface area contributed by atoms with Gasteiger partial charge in [0.2, 0.25) is 0 Å². The first-order valence-corrected chi connectivity index (χ1v) is 6.82. The Bertz CT molecular complexity index is 626. The van der Waals surface area contributed by atoms with Gasteiger partial charge in [0.25, 0.3) is 0 Å². The Morgan fingerprint density at radius 3 is 2.43 bits per heavy atom. The summed E-state index contributed by atoms with van der Waals surface area (Å²) in [6.07, 6.45) is 0. The Hall–Kier alpha value is -2.07. The molecule has 112 valence electrons. The van der Waals surface area contributed by atoms with Crippen LogP contribution in [0.4, 0.5) is 4.39 Å². The molecule has 2 aromatic carbocycles. The van der Waals surface area contributed by atoms with Crippen molar-refractivity contribution in [3.05, 3.63) is 58.9 Å². The molecule has 4 heteroatoms. The first-order chi connectivity index (χ1) is 10.0. The number of ether oxygens (including phenoxy) is 2. The lowest BCUT2D eigenvalue weighted by Crippen LogP contribution is -2.05. The highest BCUT2D eigenvalue weighted by Crippen LogP contribution is 2.24. The summed E-state index contributed by atoms with van der Waals surface area (Å²) in [7, 11) is 1.44. The SMILES string of the molecule is COc1ccc(COc2ccc([C@@H](C)N)cc2C)cc1F. The third-order valence-electron chi connectivity index (χ3n) is 3.34. The molecule has 0 saturated heterocycles. The smallest absolute Gasteiger partial charge is 0.165 e. The maximum atomic E-state index is 13.6. The van der Waals surface area contributed by atoms with E-state index in [1.54, 1.807) is 12.1 Å². The molecule has 0 amide bonds. The van der Waals surface area contributed by atoms with Crippen molar-refractivity contribution >= 4 is 0 Å². The van der Waals surface area contributed by atoms with Crippen molar-refractivity contribution in [2.45, 2.75) is 26.5 Å². The summed E-state index contributed by atoms with van der Waals surface area (Å²) in [4.78, 5) is 0. The summed E-state index contributed by atoms with van der Waals surface area (Å²) in [6, 6.07) is 10.6. The van der Waals surface area contributed by atoms with Crippen LogP contribution in [0.1, 0.15) is 29.7 Å². The van der Waals surface area contributed by atoms with Crippen LogP contribution in [0.15, 0.2) is 36.4 Å². The van der Waals surface area contributed by atoms with E-state index < -0.39 is 0 Å². The Morgan fingerprint density at radius 2 is 1.86 bits per heavy atom. The van der Waals surface area contributed by atoms with Gasteiger partial charge in [0.15, 0.2) is 11.6 Å². The second-order valence-electron chi connectivity index (χ2n) is 5.07. The average Bonchev–Trinajstić information content (AvgIpc) is 2.46. The van der Waals surface area contributed by atoms with Crippen LogP contribution >= 0.6 is 0 Å². The zero-order valence-electron chi connectivity index (χ0n) is 12.5. The van der Waals surface area contributed by atoms with E-state index in [-0.39, 0.29) is 17.6 Å². The molecule has 1 atom stereocenters. The molecule has 0 aliphatic heterocycles. The molecule has 0 spiro atoms.